The third kappa shape index (κ3) is 4.61. The van der Waals surface area contributed by atoms with E-state index in [0.29, 0.717) is 12.3 Å². The van der Waals surface area contributed by atoms with E-state index in [-0.39, 0.29) is 5.91 Å². The number of ether oxygens (including phenoxy) is 1. The molecule has 0 aliphatic carbocycles. The van der Waals surface area contributed by atoms with Crippen LogP contribution < -0.4 is 15.4 Å². The molecular formula is C13H16N4O2S2. The summed E-state index contributed by atoms with van der Waals surface area (Å²) in [6, 6.07) is 7.61. The number of thioether (sulfide) groups is 1. The van der Waals surface area contributed by atoms with Gasteiger partial charge in [-0.15, -0.1) is 10.2 Å². The molecule has 0 saturated carbocycles. The number of aromatic nitrogens is 2. The molecule has 8 heteroatoms. The topological polar surface area (TPSA) is 76.1 Å². The van der Waals surface area contributed by atoms with E-state index in [2.05, 4.69) is 20.8 Å². The first-order valence-corrected chi connectivity index (χ1v) is 8.05. The molecular weight excluding hydrogens is 308 g/mol. The van der Waals surface area contributed by atoms with E-state index in [1.54, 1.807) is 14.2 Å². The third-order valence-electron chi connectivity index (χ3n) is 2.62. The molecule has 112 valence electrons. The van der Waals surface area contributed by atoms with E-state index in [1.807, 2.05) is 24.3 Å². The summed E-state index contributed by atoms with van der Waals surface area (Å²) in [5.74, 6) is 1.04. The number of amides is 1. The van der Waals surface area contributed by atoms with Gasteiger partial charge in [0.1, 0.15) is 5.75 Å². The minimum absolute atomic E-state index is 0.0490. The van der Waals surface area contributed by atoms with Gasteiger partial charge in [0.15, 0.2) is 4.34 Å². The number of benzene rings is 1. The number of anilines is 1. The van der Waals surface area contributed by atoms with Crippen LogP contribution in [0.1, 0.15) is 5.56 Å². The Bertz CT molecular complexity index is 603. The summed E-state index contributed by atoms with van der Waals surface area (Å²) in [4.78, 5) is 11.8. The Balaban J connectivity index is 1.79. The highest BCUT2D eigenvalue weighted by atomic mass is 32.2. The molecule has 0 radical (unpaired) electrons. The molecule has 0 aliphatic heterocycles. The lowest BCUT2D eigenvalue weighted by atomic mass is 10.2. The molecule has 0 spiro atoms. The predicted octanol–water partition coefficient (Wildman–Crippen LogP) is 2.00. The van der Waals surface area contributed by atoms with Gasteiger partial charge in [0, 0.05) is 19.2 Å². The molecule has 1 heterocycles. The van der Waals surface area contributed by atoms with E-state index in [9.17, 15) is 4.79 Å². The first-order valence-electron chi connectivity index (χ1n) is 6.25. The average molecular weight is 324 g/mol. The zero-order valence-electron chi connectivity index (χ0n) is 11.8. The summed E-state index contributed by atoms with van der Waals surface area (Å²) in [5.41, 5.74) is 0.951. The van der Waals surface area contributed by atoms with Crippen LogP contribution in [0.3, 0.4) is 0 Å². The summed E-state index contributed by atoms with van der Waals surface area (Å²) in [6.45, 7) is 0.446. The lowest BCUT2D eigenvalue weighted by Gasteiger charge is -2.09. The van der Waals surface area contributed by atoms with Crippen molar-refractivity contribution in [2.24, 2.45) is 0 Å². The van der Waals surface area contributed by atoms with Crippen molar-refractivity contribution in [2.45, 2.75) is 10.9 Å². The fraction of sp³-hybridized carbons (Fsp3) is 0.308. The van der Waals surface area contributed by atoms with Crippen LogP contribution in [0.5, 0.6) is 5.75 Å². The van der Waals surface area contributed by atoms with Gasteiger partial charge in [-0.1, -0.05) is 41.3 Å². The maximum Gasteiger partial charge on any atom is 0.230 e. The molecule has 0 unspecified atom stereocenters. The number of nitrogens with one attached hydrogen (secondary N) is 2. The first-order chi connectivity index (χ1) is 10.2. The van der Waals surface area contributed by atoms with Crippen LogP contribution >= 0.6 is 23.1 Å². The second-order valence-electron chi connectivity index (χ2n) is 4.00. The lowest BCUT2D eigenvalue weighted by molar-refractivity contribution is -0.118. The molecule has 21 heavy (non-hydrogen) atoms. The van der Waals surface area contributed by atoms with Crippen molar-refractivity contribution in [3.8, 4) is 5.75 Å². The number of hydrogen-bond acceptors (Lipinski definition) is 7. The Morgan fingerprint density at radius 1 is 1.38 bits per heavy atom. The maximum absolute atomic E-state index is 11.8. The molecule has 2 N–H and O–H groups in total. The Hall–Kier alpha value is -1.80. The van der Waals surface area contributed by atoms with Crippen molar-refractivity contribution in [3.05, 3.63) is 29.8 Å². The monoisotopic (exact) mass is 324 g/mol. The molecule has 6 nitrogen and oxygen atoms in total. The number of hydrogen-bond donors (Lipinski definition) is 2. The largest absolute Gasteiger partial charge is 0.496 e. The highest BCUT2D eigenvalue weighted by Gasteiger charge is 2.08. The summed E-state index contributed by atoms with van der Waals surface area (Å²) >= 11 is 2.80. The smallest absolute Gasteiger partial charge is 0.230 e. The molecule has 1 amide bonds. The van der Waals surface area contributed by atoms with E-state index in [4.69, 9.17) is 4.74 Å². The minimum Gasteiger partial charge on any atom is -0.496 e. The fourth-order valence-corrected chi connectivity index (χ4v) is 3.13. The van der Waals surface area contributed by atoms with Gasteiger partial charge >= 0.3 is 0 Å². The van der Waals surface area contributed by atoms with Gasteiger partial charge in [-0.3, -0.25) is 4.79 Å². The summed E-state index contributed by atoms with van der Waals surface area (Å²) in [6.07, 6.45) is 0. The average Bonchev–Trinajstić information content (AvgIpc) is 2.99. The van der Waals surface area contributed by atoms with Crippen molar-refractivity contribution in [2.75, 3.05) is 25.2 Å². The van der Waals surface area contributed by atoms with E-state index in [1.165, 1.54) is 23.1 Å². The fourth-order valence-electron chi connectivity index (χ4n) is 1.59. The van der Waals surface area contributed by atoms with Gasteiger partial charge in [0.05, 0.1) is 12.9 Å². The predicted molar refractivity (Wildman–Crippen MR) is 85.0 cm³/mol. The van der Waals surface area contributed by atoms with E-state index in [0.717, 1.165) is 20.8 Å². The molecule has 0 saturated heterocycles. The van der Waals surface area contributed by atoms with Gasteiger partial charge < -0.3 is 15.4 Å². The standard InChI is InChI=1S/C13H16N4O2S2/c1-14-12-16-17-13(21-12)20-8-11(18)15-7-9-5-3-4-6-10(9)19-2/h3-6H,7-8H2,1-2H3,(H,14,16)(H,15,18). The van der Waals surface area contributed by atoms with Crippen LogP contribution in [-0.4, -0.2) is 36.0 Å². The van der Waals surface area contributed by atoms with Crippen molar-refractivity contribution >= 4 is 34.1 Å². The van der Waals surface area contributed by atoms with Crippen molar-refractivity contribution < 1.29 is 9.53 Å². The molecule has 0 aliphatic rings. The lowest BCUT2D eigenvalue weighted by Crippen LogP contribution is -2.24. The van der Waals surface area contributed by atoms with Crippen LogP contribution in [0.4, 0.5) is 5.13 Å². The van der Waals surface area contributed by atoms with Crippen LogP contribution in [0.25, 0.3) is 0 Å². The molecule has 0 fully saturated rings. The quantitative estimate of drug-likeness (QED) is 0.759. The zero-order chi connectivity index (χ0) is 15.1. The summed E-state index contributed by atoms with van der Waals surface area (Å²) < 4.78 is 6.01. The van der Waals surface area contributed by atoms with Gasteiger partial charge in [-0.2, -0.15) is 0 Å². The normalized spacial score (nSPS) is 10.2. The summed E-state index contributed by atoms with van der Waals surface area (Å²) in [5, 5.41) is 14.4. The number of rotatable bonds is 7. The second-order valence-corrected chi connectivity index (χ2v) is 6.20. The van der Waals surface area contributed by atoms with E-state index < -0.39 is 0 Å². The molecule has 2 aromatic rings. The highest BCUT2D eigenvalue weighted by Crippen LogP contribution is 2.24. The Labute approximate surface area is 131 Å². The van der Waals surface area contributed by atoms with Gasteiger partial charge in [0.2, 0.25) is 11.0 Å². The summed E-state index contributed by atoms with van der Waals surface area (Å²) in [7, 11) is 3.40. The van der Waals surface area contributed by atoms with E-state index >= 15 is 0 Å². The van der Waals surface area contributed by atoms with Crippen LogP contribution in [-0.2, 0) is 11.3 Å². The molecule has 1 aromatic carbocycles. The van der Waals surface area contributed by atoms with Gasteiger partial charge in [-0.25, -0.2) is 0 Å². The zero-order valence-corrected chi connectivity index (χ0v) is 13.4. The van der Waals surface area contributed by atoms with Crippen molar-refractivity contribution in [1.82, 2.24) is 15.5 Å². The number of nitrogens with zero attached hydrogens (tertiary/aromatic N) is 2. The molecule has 0 bridgehead atoms. The van der Waals surface area contributed by atoms with Gasteiger partial charge in [-0.05, 0) is 6.07 Å². The van der Waals surface area contributed by atoms with Crippen LogP contribution in [0.15, 0.2) is 28.6 Å². The molecule has 2 rings (SSSR count). The number of carbonyl (C=O) groups is 1. The second kappa shape index (κ2) is 7.84. The first kappa shape index (κ1) is 15.6. The van der Waals surface area contributed by atoms with Gasteiger partial charge in [0.25, 0.3) is 0 Å². The number of carbonyl (C=O) groups excluding carboxylic acids is 1. The highest BCUT2D eigenvalue weighted by molar-refractivity contribution is 8.01. The maximum atomic E-state index is 11.8. The number of methoxy groups -OCH3 is 1. The van der Waals surface area contributed by atoms with Crippen LogP contribution in [0.2, 0.25) is 0 Å². The number of para-hydroxylation sites is 1. The molecule has 0 atom stereocenters. The Kier molecular flexibility index (Phi) is 5.82. The minimum atomic E-state index is -0.0490. The molecule has 1 aromatic heterocycles. The van der Waals surface area contributed by atoms with Crippen molar-refractivity contribution in [1.29, 1.82) is 0 Å². The van der Waals surface area contributed by atoms with Crippen LogP contribution in [0, 0.1) is 0 Å². The van der Waals surface area contributed by atoms with Crippen molar-refractivity contribution in [3.63, 3.8) is 0 Å². The SMILES string of the molecule is CNc1nnc(SCC(=O)NCc2ccccc2OC)s1. The Morgan fingerprint density at radius 3 is 2.90 bits per heavy atom. The Morgan fingerprint density at radius 2 is 2.19 bits per heavy atom. The third-order valence-corrected chi connectivity index (χ3v) is 4.69.